The van der Waals surface area contributed by atoms with Crippen LogP contribution in [0.4, 0.5) is 5.69 Å². The second-order valence-corrected chi connectivity index (χ2v) is 6.26. The fourth-order valence-electron chi connectivity index (χ4n) is 3.00. The van der Waals surface area contributed by atoms with Gasteiger partial charge in [0.15, 0.2) is 0 Å². The van der Waals surface area contributed by atoms with Gasteiger partial charge in [-0.3, -0.25) is 4.79 Å². The lowest BCUT2D eigenvalue weighted by Crippen LogP contribution is -2.33. The molecule has 1 fully saturated rings. The first-order valence-corrected chi connectivity index (χ1v) is 7.84. The number of anilines is 1. The van der Waals surface area contributed by atoms with Crippen molar-refractivity contribution in [1.82, 2.24) is 5.32 Å². The van der Waals surface area contributed by atoms with Crippen molar-refractivity contribution in [3.8, 4) is 0 Å². The maximum atomic E-state index is 12.0. The zero-order valence-electron chi connectivity index (χ0n) is 12.7. The Hall–Kier alpha value is -1.55. The average molecular weight is 290 g/mol. The van der Waals surface area contributed by atoms with Crippen LogP contribution in [0.5, 0.6) is 0 Å². The van der Waals surface area contributed by atoms with Gasteiger partial charge in [0.2, 0.25) is 5.91 Å². The van der Waals surface area contributed by atoms with Gasteiger partial charge >= 0.3 is 0 Å². The van der Waals surface area contributed by atoms with E-state index >= 15 is 0 Å². The van der Waals surface area contributed by atoms with Crippen LogP contribution in [0.3, 0.4) is 0 Å². The normalized spacial score (nSPS) is 23.5. The number of nitrogens with one attached hydrogen (secondary N) is 1. The summed E-state index contributed by atoms with van der Waals surface area (Å²) in [6.07, 6.45) is 4.18. The van der Waals surface area contributed by atoms with Gasteiger partial charge < -0.3 is 16.2 Å². The molecule has 0 aliphatic heterocycles. The number of amides is 1. The molecule has 0 radical (unpaired) electrons. The molecule has 3 unspecified atom stereocenters. The molecule has 1 aliphatic carbocycles. The van der Waals surface area contributed by atoms with Gasteiger partial charge in [0.25, 0.3) is 0 Å². The van der Waals surface area contributed by atoms with Crippen LogP contribution in [0.25, 0.3) is 0 Å². The van der Waals surface area contributed by atoms with Crippen LogP contribution in [0.1, 0.15) is 50.5 Å². The highest BCUT2D eigenvalue weighted by Gasteiger charge is 2.20. The maximum Gasteiger partial charge on any atom is 0.220 e. The SMILES string of the molecule is CC(CC(=O)NCC1CCCC(O)C1)c1ccc(N)cc1. The zero-order chi connectivity index (χ0) is 15.2. The fourth-order valence-corrected chi connectivity index (χ4v) is 3.00. The first kappa shape index (κ1) is 15.8. The van der Waals surface area contributed by atoms with Crippen LogP contribution >= 0.6 is 0 Å². The molecule has 0 bridgehead atoms. The predicted octanol–water partition coefficient (Wildman–Crippen LogP) is 2.43. The minimum absolute atomic E-state index is 0.0828. The maximum absolute atomic E-state index is 12.0. The molecule has 1 aromatic carbocycles. The Morgan fingerprint density at radius 1 is 1.38 bits per heavy atom. The molecular formula is C17H26N2O2. The molecular weight excluding hydrogens is 264 g/mol. The van der Waals surface area contributed by atoms with E-state index in [0.29, 0.717) is 18.9 Å². The third-order valence-electron chi connectivity index (χ3n) is 4.34. The number of nitrogens with two attached hydrogens (primary N) is 1. The number of rotatable bonds is 5. The highest BCUT2D eigenvalue weighted by Crippen LogP contribution is 2.24. The summed E-state index contributed by atoms with van der Waals surface area (Å²) in [7, 11) is 0. The summed E-state index contributed by atoms with van der Waals surface area (Å²) in [6.45, 7) is 2.74. The topological polar surface area (TPSA) is 75.3 Å². The smallest absolute Gasteiger partial charge is 0.220 e. The van der Waals surface area contributed by atoms with Crippen LogP contribution in [0.2, 0.25) is 0 Å². The van der Waals surface area contributed by atoms with Crippen LogP contribution in [-0.2, 0) is 4.79 Å². The summed E-state index contributed by atoms with van der Waals surface area (Å²) in [6, 6.07) is 7.69. The average Bonchev–Trinajstić information content (AvgIpc) is 2.46. The number of carbonyl (C=O) groups excluding carboxylic acids is 1. The van der Waals surface area contributed by atoms with Crippen molar-refractivity contribution >= 4 is 11.6 Å². The number of aliphatic hydroxyl groups is 1. The second-order valence-electron chi connectivity index (χ2n) is 6.26. The van der Waals surface area contributed by atoms with Gasteiger partial charge in [-0.15, -0.1) is 0 Å². The summed E-state index contributed by atoms with van der Waals surface area (Å²) < 4.78 is 0. The van der Waals surface area contributed by atoms with Crippen molar-refractivity contribution in [3.63, 3.8) is 0 Å². The molecule has 1 saturated carbocycles. The first-order chi connectivity index (χ1) is 10.0. The van der Waals surface area contributed by atoms with E-state index in [1.54, 1.807) is 0 Å². The molecule has 2 rings (SSSR count). The molecule has 0 heterocycles. The molecule has 0 saturated heterocycles. The summed E-state index contributed by atoms with van der Waals surface area (Å²) >= 11 is 0. The van der Waals surface area contributed by atoms with E-state index < -0.39 is 0 Å². The molecule has 116 valence electrons. The van der Waals surface area contributed by atoms with Gasteiger partial charge in [-0.2, -0.15) is 0 Å². The quantitative estimate of drug-likeness (QED) is 0.729. The minimum Gasteiger partial charge on any atom is -0.399 e. The molecule has 1 aliphatic rings. The molecule has 4 heteroatoms. The Morgan fingerprint density at radius 3 is 2.76 bits per heavy atom. The van der Waals surface area contributed by atoms with E-state index in [4.69, 9.17) is 5.73 Å². The van der Waals surface area contributed by atoms with Crippen molar-refractivity contribution in [2.45, 2.75) is 51.0 Å². The van der Waals surface area contributed by atoms with Gasteiger partial charge in [0.1, 0.15) is 0 Å². The van der Waals surface area contributed by atoms with Crippen LogP contribution in [0.15, 0.2) is 24.3 Å². The molecule has 1 aromatic rings. The molecule has 4 N–H and O–H groups in total. The third kappa shape index (κ3) is 5.05. The van der Waals surface area contributed by atoms with E-state index in [0.717, 1.165) is 36.9 Å². The van der Waals surface area contributed by atoms with Crippen molar-refractivity contribution in [2.75, 3.05) is 12.3 Å². The van der Waals surface area contributed by atoms with Gasteiger partial charge in [0.05, 0.1) is 6.10 Å². The van der Waals surface area contributed by atoms with Crippen molar-refractivity contribution in [2.24, 2.45) is 5.92 Å². The Labute approximate surface area is 126 Å². The standard InChI is InChI=1S/C17H26N2O2/c1-12(14-5-7-15(18)8-6-14)9-17(21)19-11-13-3-2-4-16(20)10-13/h5-8,12-13,16,20H,2-4,9-11,18H2,1H3,(H,19,21). The molecule has 1 amide bonds. The first-order valence-electron chi connectivity index (χ1n) is 7.84. The zero-order valence-corrected chi connectivity index (χ0v) is 12.7. The molecule has 3 atom stereocenters. The van der Waals surface area contributed by atoms with E-state index in [1.165, 1.54) is 0 Å². The second kappa shape index (κ2) is 7.46. The molecule has 0 spiro atoms. The van der Waals surface area contributed by atoms with Gasteiger partial charge in [-0.1, -0.05) is 25.5 Å². The number of hydrogen-bond acceptors (Lipinski definition) is 3. The number of aliphatic hydroxyl groups excluding tert-OH is 1. The minimum atomic E-state index is -0.186. The summed E-state index contributed by atoms with van der Waals surface area (Å²) in [5.41, 5.74) is 7.54. The number of carbonyl (C=O) groups is 1. The Kier molecular flexibility index (Phi) is 5.62. The number of hydrogen-bond donors (Lipinski definition) is 3. The van der Waals surface area contributed by atoms with Crippen LogP contribution in [0, 0.1) is 5.92 Å². The number of benzene rings is 1. The monoisotopic (exact) mass is 290 g/mol. The number of nitrogen functional groups attached to an aromatic ring is 1. The van der Waals surface area contributed by atoms with Gasteiger partial charge in [-0.05, 0) is 48.8 Å². The summed E-state index contributed by atoms with van der Waals surface area (Å²) in [5.74, 6) is 0.687. The van der Waals surface area contributed by atoms with E-state index in [9.17, 15) is 9.90 Å². The van der Waals surface area contributed by atoms with Crippen LogP contribution < -0.4 is 11.1 Å². The van der Waals surface area contributed by atoms with Gasteiger partial charge in [-0.25, -0.2) is 0 Å². The lowest BCUT2D eigenvalue weighted by molar-refractivity contribution is -0.121. The van der Waals surface area contributed by atoms with Gasteiger partial charge in [0, 0.05) is 18.7 Å². The lowest BCUT2D eigenvalue weighted by atomic mass is 9.87. The highest BCUT2D eigenvalue weighted by atomic mass is 16.3. The Morgan fingerprint density at radius 2 is 2.10 bits per heavy atom. The summed E-state index contributed by atoms with van der Waals surface area (Å²) in [4.78, 5) is 12.0. The van der Waals surface area contributed by atoms with Crippen molar-refractivity contribution < 1.29 is 9.90 Å². The predicted molar refractivity (Wildman–Crippen MR) is 84.9 cm³/mol. The Bertz CT molecular complexity index is 458. The van der Waals surface area contributed by atoms with Crippen molar-refractivity contribution in [3.05, 3.63) is 29.8 Å². The molecule has 4 nitrogen and oxygen atoms in total. The molecule has 21 heavy (non-hydrogen) atoms. The van der Waals surface area contributed by atoms with E-state index in [1.807, 2.05) is 24.3 Å². The summed E-state index contributed by atoms with van der Waals surface area (Å²) in [5, 5.41) is 12.6. The van der Waals surface area contributed by atoms with Crippen molar-refractivity contribution in [1.29, 1.82) is 0 Å². The largest absolute Gasteiger partial charge is 0.399 e. The highest BCUT2D eigenvalue weighted by molar-refractivity contribution is 5.76. The Balaban J connectivity index is 1.74. The van der Waals surface area contributed by atoms with E-state index in [-0.39, 0.29) is 17.9 Å². The van der Waals surface area contributed by atoms with E-state index in [2.05, 4.69) is 12.2 Å². The third-order valence-corrected chi connectivity index (χ3v) is 4.34. The lowest BCUT2D eigenvalue weighted by Gasteiger charge is -2.26. The molecule has 0 aromatic heterocycles. The fraction of sp³-hybridized carbons (Fsp3) is 0.588. The van der Waals surface area contributed by atoms with Crippen LogP contribution in [-0.4, -0.2) is 23.7 Å².